The number of halogens is 1. The van der Waals surface area contributed by atoms with Crippen molar-refractivity contribution in [2.75, 3.05) is 10.6 Å². The van der Waals surface area contributed by atoms with Gasteiger partial charge >= 0.3 is 0 Å². The van der Waals surface area contributed by atoms with Gasteiger partial charge in [0.25, 0.3) is 5.91 Å². The molecule has 1 aromatic carbocycles. The van der Waals surface area contributed by atoms with Crippen molar-refractivity contribution in [2.45, 2.75) is 33.2 Å². The number of hydrogen-bond donors (Lipinski definition) is 2. The highest BCUT2D eigenvalue weighted by atomic mass is 35.5. The van der Waals surface area contributed by atoms with Gasteiger partial charge in [-0.2, -0.15) is 0 Å². The van der Waals surface area contributed by atoms with E-state index in [9.17, 15) is 4.79 Å². The number of benzene rings is 1. The molecule has 0 saturated carbocycles. The standard InChI is InChI=1S/C16H19ClN4O/c1-4-10(2)18-15-9-14(19-11(3)20-15)16(22)21-13-7-5-12(17)6-8-13/h5-10H,4H2,1-3H3,(H,21,22)(H,18,19,20). The third kappa shape index (κ3) is 4.43. The molecule has 0 saturated heterocycles. The predicted octanol–water partition coefficient (Wildman–Crippen LogP) is 3.90. The zero-order chi connectivity index (χ0) is 16.1. The van der Waals surface area contributed by atoms with Crippen LogP contribution in [0.1, 0.15) is 36.6 Å². The smallest absolute Gasteiger partial charge is 0.274 e. The zero-order valence-electron chi connectivity index (χ0n) is 12.9. The number of rotatable bonds is 5. The maximum Gasteiger partial charge on any atom is 0.274 e. The summed E-state index contributed by atoms with van der Waals surface area (Å²) >= 11 is 5.83. The van der Waals surface area contributed by atoms with Crippen molar-refractivity contribution in [3.63, 3.8) is 0 Å². The summed E-state index contributed by atoms with van der Waals surface area (Å²) in [6.07, 6.45) is 0.968. The molecule has 0 spiro atoms. The molecule has 22 heavy (non-hydrogen) atoms. The van der Waals surface area contributed by atoms with Crippen LogP contribution in [-0.2, 0) is 0 Å². The Bertz CT molecular complexity index is 658. The Hall–Kier alpha value is -2.14. The zero-order valence-corrected chi connectivity index (χ0v) is 13.6. The van der Waals surface area contributed by atoms with Crippen LogP contribution < -0.4 is 10.6 Å². The first kappa shape index (κ1) is 16.2. The van der Waals surface area contributed by atoms with Crippen LogP contribution in [0.2, 0.25) is 5.02 Å². The first-order valence-electron chi connectivity index (χ1n) is 7.17. The molecule has 6 heteroatoms. The number of hydrogen-bond acceptors (Lipinski definition) is 4. The van der Waals surface area contributed by atoms with E-state index in [-0.39, 0.29) is 11.9 Å². The normalized spacial score (nSPS) is 11.8. The van der Waals surface area contributed by atoms with Gasteiger partial charge in [-0.1, -0.05) is 18.5 Å². The average Bonchev–Trinajstić information content (AvgIpc) is 2.48. The van der Waals surface area contributed by atoms with Crippen LogP contribution in [0.3, 0.4) is 0 Å². The van der Waals surface area contributed by atoms with E-state index in [1.54, 1.807) is 37.3 Å². The number of carbonyl (C=O) groups excluding carboxylic acids is 1. The Kier molecular flexibility index (Phi) is 5.33. The second-order valence-electron chi connectivity index (χ2n) is 5.10. The molecule has 0 aliphatic carbocycles. The van der Waals surface area contributed by atoms with Gasteiger partial charge < -0.3 is 10.6 Å². The number of nitrogens with one attached hydrogen (secondary N) is 2. The number of aryl methyl sites for hydroxylation is 1. The average molecular weight is 319 g/mol. The summed E-state index contributed by atoms with van der Waals surface area (Å²) < 4.78 is 0. The van der Waals surface area contributed by atoms with Gasteiger partial charge in [0, 0.05) is 22.8 Å². The van der Waals surface area contributed by atoms with Crippen LogP contribution in [-0.4, -0.2) is 21.9 Å². The third-order valence-electron chi connectivity index (χ3n) is 3.18. The number of nitrogens with zero attached hydrogens (tertiary/aromatic N) is 2. The van der Waals surface area contributed by atoms with E-state index in [0.29, 0.717) is 28.0 Å². The summed E-state index contributed by atoms with van der Waals surface area (Å²) in [5, 5.41) is 6.66. The summed E-state index contributed by atoms with van der Waals surface area (Å²) in [6.45, 7) is 5.91. The van der Waals surface area contributed by atoms with Crippen molar-refractivity contribution in [3.8, 4) is 0 Å². The highest BCUT2D eigenvalue weighted by molar-refractivity contribution is 6.30. The molecule has 0 radical (unpaired) electrons. The van der Waals surface area contributed by atoms with Crippen LogP contribution in [0.25, 0.3) is 0 Å². The quantitative estimate of drug-likeness (QED) is 0.877. The van der Waals surface area contributed by atoms with Crippen molar-refractivity contribution >= 4 is 29.0 Å². The van der Waals surface area contributed by atoms with Gasteiger partial charge in [0.1, 0.15) is 17.3 Å². The fourth-order valence-corrected chi connectivity index (χ4v) is 1.97. The maximum atomic E-state index is 12.3. The first-order valence-corrected chi connectivity index (χ1v) is 7.55. The summed E-state index contributed by atoms with van der Waals surface area (Å²) in [5.74, 6) is 0.928. The molecule has 5 nitrogen and oxygen atoms in total. The molecule has 1 aromatic heterocycles. The summed E-state index contributed by atoms with van der Waals surface area (Å²) in [7, 11) is 0. The third-order valence-corrected chi connectivity index (χ3v) is 3.43. The van der Waals surface area contributed by atoms with E-state index in [0.717, 1.165) is 6.42 Å². The van der Waals surface area contributed by atoms with Crippen LogP contribution in [0.5, 0.6) is 0 Å². The SMILES string of the molecule is CCC(C)Nc1cc(C(=O)Nc2ccc(Cl)cc2)nc(C)n1. The molecule has 0 aliphatic heterocycles. The van der Waals surface area contributed by atoms with Crippen LogP contribution in [0.4, 0.5) is 11.5 Å². The van der Waals surface area contributed by atoms with Crippen LogP contribution in [0, 0.1) is 6.92 Å². The van der Waals surface area contributed by atoms with Crippen LogP contribution >= 0.6 is 11.6 Å². The van der Waals surface area contributed by atoms with E-state index < -0.39 is 0 Å². The van der Waals surface area contributed by atoms with Gasteiger partial charge in [-0.15, -0.1) is 0 Å². The van der Waals surface area contributed by atoms with Gasteiger partial charge in [0.2, 0.25) is 0 Å². The molecule has 1 amide bonds. The van der Waals surface area contributed by atoms with Gasteiger partial charge in [0.05, 0.1) is 0 Å². The molecule has 0 aliphatic rings. The van der Waals surface area contributed by atoms with Gasteiger partial charge in [-0.25, -0.2) is 9.97 Å². The van der Waals surface area contributed by atoms with E-state index >= 15 is 0 Å². The van der Waals surface area contributed by atoms with Crippen molar-refractivity contribution < 1.29 is 4.79 Å². The number of amides is 1. The lowest BCUT2D eigenvalue weighted by atomic mass is 10.2. The second kappa shape index (κ2) is 7.22. The van der Waals surface area contributed by atoms with Crippen molar-refractivity contribution in [3.05, 3.63) is 46.9 Å². The maximum absolute atomic E-state index is 12.3. The Balaban J connectivity index is 2.16. The fourth-order valence-electron chi connectivity index (χ4n) is 1.84. The van der Waals surface area contributed by atoms with Crippen molar-refractivity contribution in [2.24, 2.45) is 0 Å². The summed E-state index contributed by atoms with van der Waals surface area (Å²) in [5.41, 5.74) is 0.996. The monoisotopic (exact) mass is 318 g/mol. The lowest BCUT2D eigenvalue weighted by molar-refractivity contribution is 0.102. The summed E-state index contributed by atoms with van der Waals surface area (Å²) in [4.78, 5) is 20.8. The highest BCUT2D eigenvalue weighted by Gasteiger charge is 2.12. The minimum Gasteiger partial charge on any atom is -0.368 e. The minimum atomic E-state index is -0.278. The summed E-state index contributed by atoms with van der Waals surface area (Å²) in [6, 6.07) is 8.86. The van der Waals surface area contributed by atoms with Gasteiger partial charge in [-0.3, -0.25) is 4.79 Å². The topological polar surface area (TPSA) is 66.9 Å². The van der Waals surface area contributed by atoms with Gasteiger partial charge in [0.15, 0.2) is 0 Å². The predicted molar refractivity (Wildman–Crippen MR) is 89.5 cm³/mol. The van der Waals surface area contributed by atoms with Crippen molar-refractivity contribution in [1.82, 2.24) is 9.97 Å². The van der Waals surface area contributed by atoms with E-state index in [2.05, 4.69) is 34.4 Å². The molecule has 2 N–H and O–H groups in total. The lowest BCUT2D eigenvalue weighted by Crippen LogP contribution is -2.18. The Morgan fingerprint density at radius 2 is 1.95 bits per heavy atom. The fraction of sp³-hybridized carbons (Fsp3) is 0.312. The molecule has 116 valence electrons. The number of anilines is 2. The van der Waals surface area contributed by atoms with E-state index in [1.807, 2.05) is 0 Å². The molecule has 0 bridgehead atoms. The van der Waals surface area contributed by atoms with Crippen molar-refractivity contribution in [1.29, 1.82) is 0 Å². The molecule has 0 fully saturated rings. The molecule has 2 rings (SSSR count). The van der Waals surface area contributed by atoms with E-state index in [1.165, 1.54) is 0 Å². The van der Waals surface area contributed by atoms with E-state index in [4.69, 9.17) is 11.6 Å². The Labute approximate surface area is 135 Å². The lowest BCUT2D eigenvalue weighted by Gasteiger charge is -2.13. The molecule has 1 unspecified atom stereocenters. The Morgan fingerprint density at radius 1 is 1.27 bits per heavy atom. The minimum absolute atomic E-state index is 0.278. The van der Waals surface area contributed by atoms with Gasteiger partial charge in [-0.05, 0) is 44.5 Å². The molecule has 1 heterocycles. The number of carbonyl (C=O) groups is 1. The Morgan fingerprint density at radius 3 is 2.59 bits per heavy atom. The largest absolute Gasteiger partial charge is 0.368 e. The number of aromatic nitrogens is 2. The molecule has 2 aromatic rings. The molecular weight excluding hydrogens is 300 g/mol. The molecular formula is C16H19ClN4O. The molecule has 1 atom stereocenters. The second-order valence-corrected chi connectivity index (χ2v) is 5.54. The highest BCUT2D eigenvalue weighted by Crippen LogP contribution is 2.15. The first-order chi connectivity index (χ1) is 10.5. The van der Waals surface area contributed by atoms with Crippen LogP contribution in [0.15, 0.2) is 30.3 Å².